The predicted molar refractivity (Wildman–Crippen MR) is 77.4 cm³/mol. The molecule has 0 aliphatic carbocycles. The molecule has 0 spiro atoms. The lowest BCUT2D eigenvalue weighted by atomic mass is 10.1. The Bertz CT molecular complexity index is 743. The summed E-state index contributed by atoms with van der Waals surface area (Å²) in [6.45, 7) is 0. The topological polar surface area (TPSA) is 84.2 Å². The third-order valence-corrected chi connectivity index (χ3v) is 3.27. The maximum Gasteiger partial charge on any atom is 0.259 e. The zero-order chi connectivity index (χ0) is 14.3. The van der Waals surface area contributed by atoms with Gasteiger partial charge < -0.3 is 11.1 Å². The fraction of sp³-hybridized carbons (Fsp3) is 0. The summed E-state index contributed by atoms with van der Waals surface area (Å²) in [7, 11) is 0. The summed E-state index contributed by atoms with van der Waals surface area (Å²) in [6.07, 6.45) is 0. The van der Waals surface area contributed by atoms with E-state index in [0.29, 0.717) is 33.2 Å². The van der Waals surface area contributed by atoms with Gasteiger partial charge in [-0.3, -0.25) is 14.9 Å². The van der Waals surface area contributed by atoms with Crippen LogP contribution in [-0.4, -0.2) is 11.8 Å². The average molecular weight is 288 g/mol. The van der Waals surface area contributed by atoms with Gasteiger partial charge in [0.05, 0.1) is 22.5 Å². The first-order valence-electron chi connectivity index (χ1n) is 5.86. The van der Waals surface area contributed by atoms with E-state index in [9.17, 15) is 9.59 Å². The van der Waals surface area contributed by atoms with Gasteiger partial charge >= 0.3 is 0 Å². The Morgan fingerprint density at radius 2 is 1.75 bits per heavy atom. The van der Waals surface area contributed by atoms with Gasteiger partial charge in [0.25, 0.3) is 11.8 Å². The first-order valence-corrected chi connectivity index (χ1v) is 6.24. The van der Waals surface area contributed by atoms with Crippen molar-refractivity contribution < 1.29 is 9.59 Å². The Labute approximate surface area is 119 Å². The highest BCUT2D eigenvalue weighted by atomic mass is 35.5. The molecule has 1 aliphatic heterocycles. The zero-order valence-corrected chi connectivity index (χ0v) is 11.0. The number of nitrogens with one attached hydrogen (secondary N) is 2. The lowest BCUT2D eigenvalue weighted by Gasteiger charge is -2.10. The molecular formula is C14H10ClN3O2. The van der Waals surface area contributed by atoms with Gasteiger partial charge in [0.2, 0.25) is 0 Å². The Hall–Kier alpha value is -2.53. The van der Waals surface area contributed by atoms with Crippen LogP contribution in [0.5, 0.6) is 0 Å². The van der Waals surface area contributed by atoms with Crippen LogP contribution in [0.15, 0.2) is 36.4 Å². The number of carbonyl (C=O) groups excluding carboxylic acids is 2. The van der Waals surface area contributed by atoms with Gasteiger partial charge in [-0.15, -0.1) is 0 Å². The maximum absolute atomic E-state index is 11.6. The molecule has 2 amide bonds. The van der Waals surface area contributed by atoms with Crippen LogP contribution in [0, 0.1) is 0 Å². The van der Waals surface area contributed by atoms with E-state index in [0.717, 1.165) is 0 Å². The predicted octanol–water partition coefficient (Wildman–Crippen LogP) is 2.55. The van der Waals surface area contributed by atoms with Crippen molar-refractivity contribution in [3.8, 4) is 0 Å². The number of imide groups is 1. The van der Waals surface area contributed by atoms with E-state index in [1.807, 2.05) is 0 Å². The Morgan fingerprint density at radius 1 is 1.00 bits per heavy atom. The summed E-state index contributed by atoms with van der Waals surface area (Å²) in [6, 6.07) is 9.98. The van der Waals surface area contributed by atoms with Gasteiger partial charge in [0.1, 0.15) is 0 Å². The van der Waals surface area contributed by atoms with Gasteiger partial charge in [0.15, 0.2) is 0 Å². The van der Waals surface area contributed by atoms with Gasteiger partial charge in [-0.05, 0) is 36.4 Å². The molecule has 100 valence electrons. The van der Waals surface area contributed by atoms with Crippen LogP contribution < -0.4 is 16.4 Å². The van der Waals surface area contributed by atoms with E-state index >= 15 is 0 Å². The van der Waals surface area contributed by atoms with E-state index in [2.05, 4.69) is 10.6 Å². The van der Waals surface area contributed by atoms with E-state index in [1.165, 1.54) is 0 Å². The molecule has 3 rings (SSSR count). The number of hydrogen-bond donors (Lipinski definition) is 3. The first kappa shape index (κ1) is 12.5. The minimum absolute atomic E-state index is 0.348. The number of benzene rings is 2. The van der Waals surface area contributed by atoms with Gasteiger partial charge in [-0.1, -0.05) is 11.6 Å². The standard InChI is InChI=1S/C14H10ClN3O2/c15-7-1-4-11(16)12(5-7)17-8-2-3-9-10(6-8)14(20)18-13(9)19/h1-6,17H,16H2,(H,18,19,20). The monoisotopic (exact) mass is 287 g/mol. The first-order chi connectivity index (χ1) is 9.54. The molecule has 0 saturated heterocycles. The fourth-order valence-corrected chi connectivity index (χ4v) is 2.21. The number of hydrogen-bond acceptors (Lipinski definition) is 4. The summed E-state index contributed by atoms with van der Waals surface area (Å²) in [5, 5.41) is 5.87. The normalized spacial score (nSPS) is 13.1. The van der Waals surface area contributed by atoms with Crippen molar-refractivity contribution >= 4 is 40.5 Å². The van der Waals surface area contributed by atoms with Crippen molar-refractivity contribution in [2.45, 2.75) is 0 Å². The molecule has 6 heteroatoms. The van der Waals surface area contributed by atoms with E-state index in [4.69, 9.17) is 17.3 Å². The Kier molecular flexibility index (Phi) is 2.84. The third-order valence-electron chi connectivity index (χ3n) is 3.03. The number of rotatable bonds is 2. The van der Waals surface area contributed by atoms with Gasteiger partial charge in [-0.2, -0.15) is 0 Å². The van der Waals surface area contributed by atoms with Gasteiger partial charge in [-0.25, -0.2) is 0 Å². The number of halogens is 1. The number of fused-ring (bicyclic) bond motifs is 1. The minimum atomic E-state index is -0.396. The van der Waals surface area contributed by atoms with Crippen molar-refractivity contribution in [1.82, 2.24) is 5.32 Å². The van der Waals surface area contributed by atoms with E-state index in [-0.39, 0.29) is 5.91 Å². The van der Waals surface area contributed by atoms with Crippen LogP contribution in [-0.2, 0) is 0 Å². The molecule has 1 heterocycles. The lowest BCUT2D eigenvalue weighted by Crippen LogP contribution is -2.19. The molecule has 0 bridgehead atoms. The number of amides is 2. The number of anilines is 3. The van der Waals surface area contributed by atoms with E-state index < -0.39 is 5.91 Å². The van der Waals surface area contributed by atoms with Crippen LogP contribution in [0.3, 0.4) is 0 Å². The van der Waals surface area contributed by atoms with Crippen molar-refractivity contribution in [1.29, 1.82) is 0 Å². The van der Waals surface area contributed by atoms with Crippen molar-refractivity contribution in [2.75, 3.05) is 11.1 Å². The summed E-state index contributed by atoms with van der Waals surface area (Å²) in [4.78, 5) is 23.1. The number of carbonyl (C=O) groups is 2. The highest BCUT2D eigenvalue weighted by molar-refractivity contribution is 6.31. The zero-order valence-electron chi connectivity index (χ0n) is 10.2. The van der Waals surface area contributed by atoms with Crippen LogP contribution >= 0.6 is 11.6 Å². The summed E-state index contributed by atoms with van der Waals surface area (Å²) >= 11 is 5.91. The highest BCUT2D eigenvalue weighted by Gasteiger charge is 2.26. The minimum Gasteiger partial charge on any atom is -0.397 e. The van der Waals surface area contributed by atoms with Crippen LogP contribution in [0.25, 0.3) is 0 Å². The Balaban J connectivity index is 1.97. The molecule has 5 nitrogen and oxygen atoms in total. The molecule has 1 aliphatic rings. The van der Waals surface area contributed by atoms with Gasteiger partial charge in [0, 0.05) is 10.7 Å². The lowest BCUT2D eigenvalue weighted by molar-refractivity contribution is 0.0879. The summed E-state index contributed by atoms with van der Waals surface area (Å²) in [5.74, 6) is -0.772. The van der Waals surface area contributed by atoms with Crippen molar-refractivity contribution in [2.24, 2.45) is 0 Å². The molecule has 4 N–H and O–H groups in total. The smallest absolute Gasteiger partial charge is 0.259 e. The molecule has 0 saturated carbocycles. The molecule has 20 heavy (non-hydrogen) atoms. The second-order valence-electron chi connectivity index (χ2n) is 4.40. The number of nitrogen functional groups attached to an aromatic ring is 1. The van der Waals surface area contributed by atoms with Crippen molar-refractivity contribution in [3.05, 3.63) is 52.5 Å². The molecule has 2 aromatic rings. The largest absolute Gasteiger partial charge is 0.397 e. The second kappa shape index (κ2) is 4.54. The third kappa shape index (κ3) is 2.08. The fourth-order valence-electron chi connectivity index (χ4n) is 2.04. The molecule has 0 unspecified atom stereocenters. The van der Waals surface area contributed by atoms with E-state index in [1.54, 1.807) is 36.4 Å². The van der Waals surface area contributed by atoms with Crippen LogP contribution in [0.2, 0.25) is 5.02 Å². The second-order valence-corrected chi connectivity index (χ2v) is 4.84. The molecule has 0 atom stereocenters. The number of nitrogens with two attached hydrogens (primary N) is 1. The maximum atomic E-state index is 11.6. The molecular weight excluding hydrogens is 278 g/mol. The SMILES string of the molecule is Nc1ccc(Cl)cc1Nc1ccc2c(c1)C(=O)NC2=O. The average Bonchev–Trinajstić information content (AvgIpc) is 2.69. The quantitative estimate of drug-likeness (QED) is 0.585. The van der Waals surface area contributed by atoms with Crippen LogP contribution in [0.1, 0.15) is 20.7 Å². The van der Waals surface area contributed by atoms with Crippen molar-refractivity contribution in [3.63, 3.8) is 0 Å². The summed E-state index contributed by atoms with van der Waals surface area (Å²) < 4.78 is 0. The molecule has 0 aromatic heterocycles. The highest BCUT2D eigenvalue weighted by Crippen LogP contribution is 2.28. The molecule has 0 radical (unpaired) electrons. The summed E-state index contributed by atoms with van der Waals surface area (Å²) in [5.41, 5.74) is 8.40. The molecule has 2 aromatic carbocycles. The van der Waals surface area contributed by atoms with Crippen LogP contribution in [0.4, 0.5) is 17.1 Å². The Morgan fingerprint density at radius 3 is 2.55 bits per heavy atom. The molecule has 0 fully saturated rings.